The summed E-state index contributed by atoms with van der Waals surface area (Å²) in [4.78, 5) is 33.7. The Kier molecular flexibility index (Phi) is 5.33. The molecule has 0 fully saturated rings. The number of nitrogens with zero attached hydrogens (tertiary/aromatic N) is 2. The van der Waals surface area contributed by atoms with Gasteiger partial charge in [0.25, 0.3) is 11.8 Å². The maximum atomic E-state index is 13.4. The van der Waals surface area contributed by atoms with E-state index in [2.05, 4.69) is 10.3 Å². The van der Waals surface area contributed by atoms with E-state index in [0.29, 0.717) is 16.1 Å². The molecule has 6 heteroatoms. The number of aryl methyl sites for hydroxylation is 2. The summed E-state index contributed by atoms with van der Waals surface area (Å²) in [6.45, 7) is 3.89. The molecule has 0 unspecified atom stereocenters. The number of carbonyl (C=O) groups is 2. The Labute approximate surface area is 179 Å². The summed E-state index contributed by atoms with van der Waals surface area (Å²) in [6.07, 6.45) is 0. The highest BCUT2D eigenvalue weighted by atomic mass is 32.1. The molecule has 0 radical (unpaired) electrons. The SMILES string of the molecule is Cc1cc(C)c2c(NC(=O)c3ccccc3)c(C(=O)N(C)c3ccccc3)sc2n1. The lowest BCUT2D eigenvalue weighted by atomic mass is 10.1. The Morgan fingerprint density at radius 3 is 2.27 bits per heavy atom. The van der Waals surface area contributed by atoms with E-state index in [1.165, 1.54) is 11.3 Å². The molecule has 2 amide bonds. The van der Waals surface area contributed by atoms with E-state index >= 15 is 0 Å². The van der Waals surface area contributed by atoms with Crippen molar-refractivity contribution in [3.8, 4) is 0 Å². The summed E-state index contributed by atoms with van der Waals surface area (Å²) < 4.78 is 0. The molecule has 30 heavy (non-hydrogen) atoms. The average molecular weight is 416 g/mol. The molecule has 0 saturated heterocycles. The third kappa shape index (κ3) is 3.69. The van der Waals surface area contributed by atoms with E-state index in [0.717, 1.165) is 27.2 Å². The predicted octanol–water partition coefficient (Wildman–Crippen LogP) is 5.44. The number of hydrogen-bond donors (Lipinski definition) is 1. The zero-order valence-corrected chi connectivity index (χ0v) is 17.8. The lowest BCUT2D eigenvalue weighted by Crippen LogP contribution is -2.26. The van der Waals surface area contributed by atoms with Crippen LogP contribution in [0.25, 0.3) is 10.2 Å². The molecule has 2 aromatic heterocycles. The van der Waals surface area contributed by atoms with Crippen LogP contribution in [-0.2, 0) is 0 Å². The van der Waals surface area contributed by atoms with Crippen LogP contribution in [0.1, 0.15) is 31.3 Å². The first-order valence-corrected chi connectivity index (χ1v) is 10.4. The number of benzene rings is 2. The maximum absolute atomic E-state index is 13.4. The summed E-state index contributed by atoms with van der Waals surface area (Å²) in [6, 6.07) is 20.4. The smallest absolute Gasteiger partial charge is 0.270 e. The zero-order valence-electron chi connectivity index (χ0n) is 17.0. The van der Waals surface area contributed by atoms with Gasteiger partial charge in [-0.3, -0.25) is 9.59 Å². The predicted molar refractivity (Wildman–Crippen MR) is 123 cm³/mol. The first-order chi connectivity index (χ1) is 14.5. The molecule has 0 bridgehead atoms. The lowest BCUT2D eigenvalue weighted by Gasteiger charge is -2.17. The summed E-state index contributed by atoms with van der Waals surface area (Å²) in [5.41, 5.74) is 3.67. The van der Waals surface area contributed by atoms with Crippen molar-refractivity contribution >= 4 is 44.7 Å². The van der Waals surface area contributed by atoms with Gasteiger partial charge in [-0.25, -0.2) is 4.98 Å². The molecule has 2 aromatic carbocycles. The zero-order chi connectivity index (χ0) is 21.3. The summed E-state index contributed by atoms with van der Waals surface area (Å²) in [5.74, 6) is -0.448. The summed E-state index contributed by atoms with van der Waals surface area (Å²) in [5, 5.41) is 3.79. The maximum Gasteiger partial charge on any atom is 0.270 e. The molecule has 0 aliphatic carbocycles. The Morgan fingerprint density at radius 2 is 1.60 bits per heavy atom. The summed E-state index contributed by atoms with van der Waals surface area (Å²) in [7, 11) is 1.73. The highest BCUT2D eigenvalue weighted by Gasteiger charge is 2.25. The van der Waals surface area contributed by atoms with Crippen molar-refractivity contribution in [1.29, 1.82) is 0 Å². The second-order valence-corrected chi connectivity index (χ2v) is 8.09. The number of hydrogen-bond acceptors (Lipinski definition) is 4. The number of carbonyl (C=O) groups excluding carboxylic acids is 2. The average Bonchev–Trinajstić information content (AvgIpc) is 3.12. The fraction of sp³-hybridized carbons (Fsp3) is 0.125. The van der Waals surface area contributed by atoms with Crippen molar-refractivity contribution in [3.63, 3.8) is 0 Å². The molecule has 0 atom stereocenters. The van der Waals surface area contributed by atoms with Gasteiger partial charge in [-0.2, -0.15) is 0 Å². The number of anilines is 2. The van der Waals surface area contributed by atoms with E-state index < -0.39 is 0 Å². The van der Waals surface area contributed by atoms with Gasteiger partial charge in [0, 0.05) is 29.4 Å². The van der Waals surface area contributed by atoms with Crippen molar-refractivity contribution in [2.45, 2.75) is 13.8 Å². The van der Waals surface area contributed by atoms with Crippen molar-refractivity contribution in [1.82, 2.24) is 4.98 Å². The van der Waals surface area contributed by atoms with E-state index in [4.69, 9.17) is 0 Å². The van der Waals surface area contributed by atoms with Crippen molar-refractivity contribution in [2.24, 2.45) is 0 Å². The molecule has 4 rings (SSSR count). The number of fused-ring (bicyclic) bond motifs is 1. The van der Waals surface area contributed by atoms with Crippen molar-refractivity contribution in [3.05, 3.63) is 88.4 Å². The molecule has 0 aliphatic rings. The van der Waals surface area contributed by atoms with Crippen LogP contribution >= 0.6 is 11.3 Å². The summed E-state index contributed by atoms with van der Waals surface area (Å²) >= 11 is 1.30. The van der Waals surface area contributed by atoms with Gasteiger partial charge in [0.1, 0.15) is 9.71 Å². The van der Waals surface area contributed by atoms with Gasteiger partial charge in [0.15, 0.2) is 0 Å². The highest BCUT2D eigenvalue weighted by Crippen LogP contribution is 2.38. The van der Waals surface area contributed by atoms with E-state index in [9.17, 15) is 9.59 Å². The Balaban J connectivity index is 1.82. The minimum Gasteiger partial charge on any atom is -0.320 e. The van der Waals surface area contributed by atoms with Crippen LogP contribution in [0.4, 0.5) is 11.4 Å². The third-order valence-corrected chi connectivity index (χ3v) is 5.98. The van der Waals surface area contributed by atoms with Gasteiger partial charge in [-0.15, -0.1) is 11.3 Å². The van der Waals surface area contributed by atoms with E-state index in [-0.39, 0.29) is 11.8 Å². The van der Waals surface area contributed by atoms with Crippen molar-refractivity contribution in [2.75, 3.05) is 17.3 Å². The minimum atomic E-state index is -0.258. The molecule has 1 N–H and O–H groups in total. The number of rotatable bonds is 4. The molecule has 0 spiro atoms. The van der Waals surface area contributed by atoms with Crippen LogP contribution < -0.4 is 10.2 Å². The lowest BCUT2D eigenvalue weighted by molar-refractivity contribution is 0.0997. The van der Waals surface area contributed by atoms with E-state index in [1.54, 1.807) is 24.1 Å². The number of aromatic nitrogens is 1. The van der Waals surface area contributed by atoms with Crippen LogP contribution in [-0.4, -0.2) is 23.8 Å². The molecule has 0 aliphatic heterocycles. The van der Waals surface area contributed by atoms with Gasteiger partial charge in [0.05, 0.1) is 5.69 Å². The monoisotopic (exact) mass is 415 g/mol. The standard InChI is InChI=1S/C24H21N3O2S/c1-15-14-16(2)25-23-19(15)20(26-22(28)17-10-6-4-7-11-17)21(30-23)24(29)27(3)18-12-8-5-9-13-18/h4-14H,1-3H3,(H,26,28). The minimum absolute atomic E-state index is 0.190. The molecule has 4 aromatic rings. The number of amides is 2. The topological polar surface area (TPSA) is 62.3 Å². The molecular formula is C24H21N3O2S. The van der Waals surface area contributed by atoms with Gasteiger partial charge >= 0.3 is 0 Å². The van der Waals surface area contributed by atoms with Crippen LogP contribution in [0.3, 0.4) is 0 Å². The van der Waals surface area contributed by atoms with Crippen LogP contribution in [0.2, 0.25) is 0 Å². The Bertz CT molecular complexity index is 1230. The third-order valence-electron chi connectivity index (χ3n) is 4.90. The van der Waals surface area contributed by atoms with E-state index in [1.807, 2.05) is 68.4 Å². The molecule has 0 saturated carbocycles. The molecule has 2 heterocycles. The number of para-hydroxylation sites is 1. The van der Waals surface area contributed by atoms with Gasteiger partial charge in [-0.05, 0) is 49.7 Å². The largest absolute Gasteiger partial charge is 0.320 e. The normalized spacial score (nSPS) is 10.8. The number of pyridine rings is 1. The first-order valence-electron chi connectivity index (χ1n) is 9.56. The van der Waals surface area contributed by atoms with Gasteiger partial charge in [-0.1, -0.05) is 36.4 Å². The Hall–Kier alpha value is -3.51. The molecular weight excluding hydrogens is 394 g/mol. The second-order valence-electron chi connectivity index (χ2n) is 7.09. The van der Waals surface area contributed by atoms with Crippen LogP contribution in [0.15, 0.2) is 66.7 Å². The first kappa shape index (κ1) is 19.8. The fourth-order valence-corrected chi connectivity index (χ4v) is 4.64. The number of nitrogens with one attached hydrogen (secondary N) is 1. The fourth-order valence-electron chi connectivity index (χ4n) is 3.41. The highest BCUT2D eigenvalue weighted by molar-refractivity contribution is 7.21. The second kappa shape index (κ2) is 8.08. The molecule has 150 valence electrons. The van der Waals surface area contributed by atoms with Gasteiger partial charge < -0.3 is 10.2 Å². The van der Waals surface area contributed by atoms with Crippen LogP contribution in [0.5, 0.6) is 0 Å². The number of thiophene rings is 1. The van der Waals surface area contributed by atoms with Gasteiger partial charge in [0.2, 0.25) is 0 Å². The molecule has 5 nitrogen and oxygen atoms in total. The van der Waals surface area contributed by atoms with Crippen molar-refractivity contribution < 1.29 is 9.59 Å². The quantitative estimate of drug-likeness (QED) is 0.483. The van der Waals surface area contributed by atoms with Crippen LogP contribution in [0, 0.1) is 13.8 Å². The Morgan fingerprint density at radius 1 is 0.967 bits per heavy atom.